The van der Waals surface area contributed by atoms with Crippen molar-refractivity contribution in [1.82, 2.24) is 4.98 Å². The summed E-state index contributed by atoms with van der Waals surface area (Å²) in [6, 6.07) is 23.2. The minimum Gasteiger partial charge on any atom is -0.496 e. The minimum absolute atomic E-state index is 0.0493. The number of hydrogen-bond donors (Lipinski definition) is 2. The molecule has 1 amide bonds. The van der Waals surface area contributed by atoms with E-state index in [0.717, 1.165) is 40.1 Å². The van der Waals surface area contributed by atoms with Gasteiger partial charge >= 0.3 is 5.97 Å². The number of aromatic amines is 1. The smallest absolute Gasteiger partial charge is 0.303 e. The molecule has 2 N–H and O–H groups in total. The summed E-state index contributed by atoms with van der Waals surface area (Å²) in [5.41, 5.74) is 6.59. The topological polar surface area (TPSA) is 112 Å². The van der Waals surface area contributed by atoms with E-state index in [-0.39, 0.29) is 30.4 Å². The second-order valence-electron chi connectivity index (χ2n) is 11.8. The summed E-state index contributed by atoms with van der Waals surface area (Å²) in [7, 11) is 1.59. The number of Topliss-reactive ketones (excluding diaryl/α,β-unsaturated/α-hetero) is 1. The molecule has 8 heteroatoms. The van der Waals surface area contributed by atoms with Crippen LogP contribution < -0.4 is 9.64 Å². The van der Waals surface area contributed by atoms with Gasteiger partial charge in [-0.05, 0) is 71.9 Å². The highest BCUT2D eigenvalue weighted by Crippen LogP contribution is 2.39. The van der Waals surface area contributed by atoms with Crippen molar-refractivity contribution in [2.24, 2.45) is 4.99 Å². The van der Waals surface area contributed by atoms with Gasteiger partial charge in [0.1, 0.15) is 11.3 Å². The Bertz CT molecular complexity index is 1850. The Kier molecular flexibility index (Phi) is 7.97. The molecule has 8 nitrogen and oxygen atoms in total. The summed E-state index contributed by atoms with van der Waals surface area (Å²) < 4.78 is 5.73. The highest BCUT2D eigenvalue weighted by atomic mass is 16.5. The highest BCUT2D eigenvalue weighted by Gasteiger charge is 2.36. The fourth-order valence-electron chi connectivity index (χ4n) is 6.33. The third-order valence-corrected chi connectivity index (χ3v) is 8.90. The number of nitrogens with one attached hydrogen (secondary N) is 1. The summed E-state index contributed by atoms with van der Waals surface area (Å²) in [5, 5.41) is 9.13. The van der Waals surface area contributed by atoms with E-state index in [4.69, 9.17) is 9.84 Å². The molecule has 0 aliphatic carbocycles. The van der Waals surface area contributed by atoms with Gasteiger partial charge in [0, 0.05) is 47.9 Å². The average Bonchev–Trinajstić information content (AvgIpc) is 3.79. The van der Waals surface area contributed by atoms with Crippen LogP contribution in [0.25, 0.3) is 11.3 Å². The number of ketones is 1. The van der Waals surface area contributed by atoms with Crippen molar-refractivity contribution < 1.29 is 24.2 Å². The third-order valence-electron chi connectivity index (χ3n) is 8.90. The SMILES string of the molecule is COc1cc(CC(=O)C2=CC=NC2(C)c2ccc(C(C)CC(=O)O)cc2)ccc1-c1cc(C(=O)N2CCc3ccccc32)c[nH]1. The van der Waals surface area contributed by atoms with Crippen molar-refractivity contribution in [2.75, 3.05) is 18.6 Å². The van der Waals surface area contributed by atoms with Crippen LogP contribution in [0.2, 0.25) is 0 Å². The largest absolute Gasteiger partial charge is 0.496 e. The molecule has 2 aliphatic rings. The number of para-hydroxylation sites is 1. The summed E-state index contributed by atoms with van der Waals surface area (Å²) >= 11 is 0. The molecule has 228 valence electrons. The maximum absolute atomic E-state index is 13.6. The van der Waals surface area contributed by atoms with E-state index < -0.39 is 11.5 Å². The second kappa shape index (κ2) is 12.0. The molecule has 2 atom stereocenters. The van der Waals surface area contributed by atoms with Crippen molar-refractivity contribution in [3.05, 3.63) is 118 Å². The molecule has 0 saturated carbocycles. The Morgan fingerprint density at radius 3 is 2.60 bits per heavy atom. The number of aromatic nitrogens is 1. The number of aliphatic imine (C=N–C) groups is 1. The van der Waals surface area contributed by atoms with Crippen molar-refractivity contribution in [3.8, 4) is 17.0 Å². The Hall–Kier alpha value is -5.24. The van der Waals surface area contributed by atoms with Gasteiger partial charge in [0.2, 0.25) is 0 Å². The number of carboxylic acid groups (broad SMARTS) is 1. The molecule has 0 fully saturated rings. The monoisotopic (exact) mass is 601 g/mol. The fourth-order valence-corrected chi connectivity index (χ4v) is 6.33. The zero-order valence-corrected chi connectivity index (χ0v) is 25.5. The number of nitrogens with zero attached hydrogens (tertiary/aromatic N) is 2. The number of allylic oxidation sites excluding steroid dienone is 1. The first-order valence-electron chi connectivity index (χ1n) is 15.0. The van der Waals surface area contributed by atoms with Gasteiger partial charge in [-0.1, -0.05) is 55.5 Å². The molecule has 6 rings (SSSR count). The van der Waals surface area contributed by atoms with Crippen LogP contribution >= 0.6 is 0 Å². The number of amides is 1. The number of hydrogen-bond acceptors (Lipinski definition) is 5. The van der Waals surface area contributed by atoms with Gasteiger partial charge in [-0.25, -0.2) is 0 Å². The first-order valence-corrected chi connectivity index (χ1v) is 15.0. The quantitative estimate of drug-likeness (QED) is 0.215. The maximum Gasteiger partial charge on any atom is 0.303 e. The van der Waals surface area contributed by atoms with E-state index in [2.05, 4.69) is 16.0 Å². The van der Waals surface area contributed by atoms with Gasteiger partial charge in [0.25, 0.3) is 5.91 Å². The van der Waals surface area contributed by atoms with Crippen LogP contribution in [0.1, 0.15) is 58.8 Å². The van der Waals surface area contributed by atoms with E-state index in [9.17, 15) is 14.4 Å². The third kappa shape index (κ3) is 5.71. The number of methoxy groups -OCH3 is 1. The van der Waals surface area contributed by atoms with Crippen LogP contribution in [0.5, 0.6) is 5.75 Å². The molecule has 0 saturated heterocycles. The van der Waals surface area contributed by atoms with Crippen LogP contribution in [0.4, 0.5) is 5.69 Å². The molecule has 0 spiro atoms. The number of rotatable bonds is 10. The lowest BCUT2D eigenvalue weighted by Gasteiger charge is -2.26. The fraction of sp³-hybridized carbons (Fsp3) is 0.243. The number of aliphatic carboxylic acids is 1. The Morgan fingerprint density at radius 1 is 1.07 bits per heavy atom. The van der Waals surface area contributed by atoms with E-state index in [0.29, 0.717) is 23.4 Å². The Labute approximate surface area is 262 Å². The highest BCUT2D eigenvalue weighted by molar-refractivity contribution is 6.08. The Morgan fingerprint density at radius 2 is 1.84 bits per heavy atom. The van der Waals surface area contributed by atoms with Crippen LogP contribution in [0.3, 0.4) is 0 Å². The molecule has 2 unspecified atom stereocenters. The van der Waals surface area contributed by atoms with Gasteiger partial charge in [-0.3, -0.25) is 19.4 Å². The van der Waals surface area contributed by atoms with Gasteiger partial charge in [-0.15, -0.1) is 0 Å². The zero-order valence-electron chi connectivity index (χ0n) is 25.5. The van der Waals surface area contributed by atoms with Gasteiger partial charge in [0.15, 0.2) is 5.78 Å². The number of carbonyl (C=O) groups is 3. The van der Waals surface area contributed by atoms with Crippen molar-refractivity contribution in [2.45, 2.75) is 44.6 Å². The molecular weight excluding hydrogens is 566 g/mol. The van der Waals surface area contributed by atoms with Gasteiger partial charge in [0.05, 0.1) is 19.1 Å². The molecule has 3 aromatic carbocycles. The first-order chi connectivity index (χ1) is 21.7. The number of ether oxygens (including phenoxy) is 1. The van der Waals surface area contributed by atoms with E-state index >= 15 is 0 Å². The summed E-state index contributed by atoms with van der Waals surface area (Å²) in [4.78, 5) is 47.8. The average molecular weight is 602 g/mol. The number of anilines is 1. The number of benzene rings is 3. The lowest BCUT2D eigenvalue weighted by molar-refractivity contribution is -0.137. The number of fused-ring (bicyclic) bond motifs is 1. The zero-order chi connectivity index (χ0) is 31.7. The summed E-state index contributed by atoms with van der Waals surface area (Å²) in [6.07, 6.45) is 6.22. The predicted octanol–water partition coefficient (Wildman–Crippen LogP) is 6.51. The minimum atomic E-state index is -0.837. The van der Waals surface area contributed by atoms with Crippen molar-refractivity contribution >= 4 is 29.6 Å². The molecule has 0 bridgehead atoms. The van der Waals surface area contributed by atoms with Crippen molar-refractivity contribution in [1.29, 1.82) is 0 Å². The van der Waals surface area contributed by atoms with E-state index in [1.54, 1.807) is 25.6 Å². The first kappa shape index (κ1) is 29.8. The molecule has 3 heterocycles. The van der Waals surface area contributed by atoms with E-state index in [1.807, 2.05) is 85.5 Å². The lowest BCUT2D eigenvalue weighted by atomic mass is 9.81. The van der Waals surface area contributed by atoms with E-state index in [1.165, 1.54) is 5.56 Å². The standard InChI is InChI=1S/C37H35N3O5/c1-23(18-35(42)43)25-9-11-28(12-10-25)37(2)30(14-16-39-37)33(41)19-24-8-13-29(34(20-24)45-3)31-21-27(22-38-31)36(44)40-17-15-26-6-4-5-7-32(26)40/h4-14,16,20-23,38H,15,17-19H2,1-3H3,(H,42,43). The van der Waals surface area contributed by atoms with Gasteiger partial charge in [-0.2, -0.15) is 0 Å². The molecule has 0 radical (unpaired) electrons. The molecule has 45 heavy (non-hydrogen) atoms. The van der Waals surface area contributed by atoms with Crippen LogP contribution in [-0.2, 0) is 28.0 Å². The molecular formula is C37H35N3O5. The summed E-state index contributed by atoms with van der Waals surface area (Å²) in [5.74, 6) is -0.462. The molecule has 1 aromatic heterocycles. The summed E-state index contributed by atoms with van der Waals surface area (Å²) in [6.45, 7) is 4.46. The predicted molar refractivity (Wildman–Crippen MR) is 174 cm³/mol. The van der Waals surface area contributed by atoms with Gasteiger partial charge < -0.3 is 19.7 Å². The second-order valence-corrected chi connectivity index (χ2v) is 11.8. The Balaban J connectivity index is 1.17. The normalized spacial score (nSPS) is 17.6. The number of H-pyrrole nitrogens is 1. The van der Waals surface area contributed by atoms with Crippen LogP contribution in [-0.4, -0.2) is 47.6 Å². The number of carboxylic acids is 1. The lowest BCUT2D eigenvalue weighted by Crippen LogP contribution is -2.28. The van der Waals surface area contributed by atoms with Crippen LogP contribution in [0, 0.1) is 0 Å². The maximum atomic E-state index is 13.6. The molecule has 2 aliphatic heterocycles. The van der Waals surface area contributed by atoms with Crippen molar-refractivity contribution in [3.63, 3.8) is 0 Å². The molecule has 4 aromatic rings. The van der Waals surface area contributed by atoms with Crippen LogP contribution in [0.15, 0.2) is 95.6 Å². The number of carbonyl (C=O) groups excluding carboxylic acids is 2.